The molecule has 0 atom stereocenters. The van der Waals surface area contributed by atoms with Gasteiger partial charge in [-0.2, -0.15) is 0 Å². The maximum Gasteiger partial charge on any atom is 0.131 e. The Kier molecular flexibility index (Phi) is 5.09. The molecule has 0 spiro atoms. The number of hydrogen-bond donors (Lipinski definition) is 0. The maximum atomic E-state index is 14.3. The van der Waals surface area contributed by atoms with E-state index in [9.17, 15) is 4.39 Å². The minimum Gasteiger partial charge on any atom is -0.488 e. The monoisotopic (exact) mass is 370 g/mol. The predicted molar refractivity (Wildman–Crippen MR) is 95.2 cm³/mol. The van der Waals surface area contributed by atoms with Crippen molar-refractivity contribution in [2.24, 2.45) is 0 Å². The van der Waals surface area contributed by atoms with Gasteiger partial charge in [-0.1, -0.05) is 70.5 Å². The molecule has 3 heteroatoms. The van der Waals surface area contributed by atoms with Crippen LogP contribution in [0.25, 0.3) is 11.1 Å². The van der Waals surface area contributed by atoms with Gasteiger partial charge in [0, 0.05) is 16.5 Å². The van der Waals surface area contributed by atoms with Gasteiger partial charge in [0.05, 0.1) is 0 Å². The summed E-state index contributed by atoms with van der Waals surface area (Å²) in [5.74, 6) is 0.437. The van der Waals surface area contributed by atoms with Crippen LogP contribution in [-0.2, 0) is 11.9 Å². The lowest BCUT2D eigenvalue weighted by molar-refractivity contribution is 0.307. The smallest absolute Gasteiger partial charge is 0.131 e. The summed E-state index contributed by atoms with van der Waals surface area (Å²) in [7, 11) is 0. The molecule has 0 unspecified atom stereocenters. The van der Waals surface area contributed by atoms with E-state index in [1.54, 1.807) is 6.07 Å². The fourth-order valence-corrected chi connectivity index (χ4v) is 2.76. The average Bonchev–Trinajstić information content (AvgIpc) is 2.62. The average molecular weight is 371 g/mol. The molecule has 0 aliphatic heterocycles. The van der Waals surface area contributed by atoms with Gasteiger partial charge in [-0.25, -0.2) is 4.39 Å². The molecule has 0 bridgehead atoms. The maximum absolute atomic E-state index is 14.3. The fraction of sp³-hybridized carbons (Fsp3) is 0.100. The van der Waals surface area contributed by atoms with Crippen molar-refractivity contribution in [1.29, 1.82) is 0 Å². The molecule has 23 heavy (non-hydrogen) atoms. The van der Waals surface area contributed by atoms with Crippen LogP contribution in [-0.4, -0.2) is 0 Å². The molecule has 116 valence electrons. The van der Waals surface area contributed by atoms with E-state index in [0.29, 0.717) is 23.2 Å². The van der Waals surface area contributed by atoms with E-state index in [-0.39, 0.29) is 5.82 Å². The van der Waals surface area contributed by atoms with E-state index in [4.69, 9.17) is 4.74 Å². The zero-order valence-electron chi connectivity index (χ0n) is 12.5. The molecule has 0 heterocycles. The molecule has 0 aromatic heterocycles. The van der Waals surface area contributed by atoms with Crippen LogP contribution in [0.4, 0.5) is 4.39 Å². The summed E-state index contributed by atoms with van der Waals surface area (Å²) in [6, 6.07) is 22.6. The van der Waals surface area contributed by atoms with Gasteiger partial charge in [0.1, 0.15) is 18.2 Å². The SMILES string of the molecule is Fc1ccc(CBr)cc1-c1ccccc1OCc1ccccc1. The summed E-state index contributed by atoms with van der Waals surface area (Å²) in [5.41, 5.74) is 3.44. The molecular weight excluding hydrogens is 355 g/mol. The highest BCUT2D eigenvalue weighted by atomic mass is 79.9. The first-order valence-corrected chi connectivity index (χ1v) is 8.50. The summed E-state index contributed by atoms with van der Waals surface area (Å²) in [6.45, 7) is 0.456. The largest absolute Gasteiger partial charge is 0.488 e. The minimum atomic E-state index is -0.245. The molecule has 0 amide bonds. The van der Waals surface area contributed by atoms with Crippen molar-refractivity contribution in [1.82, 2.24) is 0 Å². The van der Waals surface area contributed by atoms with Crippen LogP contribution in [0, 0.1) is 5.82 Å². The van der Waals surface area contributed by atoms with Crippen molar-refractivity contribution in [3.05, 3.63) is 89.7 Å². The predicted octanol–water partition coefficient (Wildman–Crippen LogP) is 5.97. The van der Waals surface area contributed by atoms with Gasteiger partial charge in [-0.3, -0.25) is 0 Å². The zero-order valence-corrected chi connectivity index (χ0v) is 14.1. The Morgan fingerprint density at radius 2 is 1.52 bits per heavy atom. The summed E-state index contributed by atoms with van der Waals surface area (Å²) in [4.78, 5) is 0. The van der Waals surface area contributed by atoms with Crippen LogP contribution >= 0.6 is 15.9 Å². The highest BCUT2D eigenvalue weighted by Crippen LogP contribution is 2.33. The number of alkyl halides is 1. The highest BCUT2D eigenvalue weighted by molar-refractivity contribution is 9.08. The molecule has 0 aliphatic rings. The van der Waals surface area contributed by atoms with Crippen molar-refractivity contribution in [3.8, 4) is 16.9 Å². The van der Waals surface area contributed by atoms with Crippen LogP contribution in [0.15, 0.2) is 72.8 Å². The zero-order chi connectivity index (χ0) is 16.1. The van der Waals surface area contributed by atoms with E-state index in [0.717, 1.165) is 16.7 Å². The van der Waals surface area contributed by atoms with Crippen LogP contribution in [0.5, 0.6) is 5.75 Å². The van der Waals surface area contributed by atoms with Gasteiger partial charge >= 0.3 is 0 Å². The summed E-state index contributed by atoms with van der Waals surface area (Å²) in [5, 5.41) is 0.688. The summed E-state index contributed by atoms with van der Waals surface area (Å²) >= 11 is 3.41. The molecule has 3 aromatic carbocycles. The molecule has 0 saturated carbocycles. The Morgan fingerprint density at radius 3 is 2.30 bits per heavy atom. The first kappa shape index (κ1) is 15.8. The third-order valence-corrected chi connectivity index (χ3v) is 4.25. The van der Waals surface area contributed by atoms with Gasteiger partial charge in [-0.05, 0) is 29.3 Å². The molecule has 0 saturated heterocycles. The molecule has 0 fully saturated rings. The molecule has 1 nitrogen and oxygen atoms in total. The van der Waals surface area contributed by atoms with Crippen molar-refractivity contribution < 1.29 is 9.13 Å². The van der Waals surface area contributed by atoms with Gasteiger partial charge < -0.3 is 4.74 Å². The Balaban J connectivity index is 1.92. The molecule has 0 aliphatic carbocycles. The van der Waals surface area contributed by atoms with Crippen LogP contribution < -0.4 is 4.74 Å². The van der Waals surface area contributed by atoms with E-state index in [2.05, 4.69) is 15.9 Å². The van der Waals surface area contributed by atoms with Crippen molar-refractivity contribution >= 4 is 15.9 Å². The molecular formula is C20H16BrFO. The first-order chi connectivity index (χ1) is 11.3. The molecule has 0 N–H and O–H groups in total. The number of rotatable bonds is 5. The van der Waals surface area contributed by atoms with Crippen LogP contribution in [0.3, 0.4) is 0 Å². The van der Waals surface area contributed by atoms with E-state index in [1.165, 1.54) is 6.07 Å². The highest BCUT2D eigenvalue weighted by Gasteiger charge is 2.11. The second kappa shape index (κ2) is 7.42. The number of benzene rings is 3. The standard InChI is InChI=1S/C20H16BrFO/c21-13-16-10-11-19(22)18(12-16)17-8-4-5-9-20(17)23-14-15-6-2-1-3-7-15/h1-12H,13-14H2. The van der Waals surface area contributed by atoms with Gasteiger partial charge in [0.2, 0.25) is 0 Å². The van der Waals surface area contributed by atoms with Crippen molar-refractivity contribution in [3.63, 3.8) is 0 Å². The lowest BCUT2D eigenvalue weighted by Gasteiger charge is -2.13. The number of hydrogen-bond acceptors (Lipinski definition) is 1. The fourth-order valence-electron chi connectivity index (χ4n) is 2.41. The topological polar surface area (TPSA) is 9.23 Å². The van der Waals surface area contributed by atoms with E-state index < -0.39 is 0 Å². The second-order valence-corrected chi connectivity index (χ2v) is 5.78. The first-order valence-electron chi connectivity index (χ1n) is 7.38. The van der Waals surface area contributed by atoms with Crippen LogP contribution in [0.2, 0.25) is 0 Å². The van der Waals surface area contributed by atoms with Gasteiger partial charge in [-0.15, -0.1) is 0 Å². The normalized spacial score (nSPS) is 10.5. The second-order valence-electron chi connectivity index (χ2n) is 5.22. The molecule has 3 rings (SSSR count). The number of ether oxygens (including phenoxy) is 1. The number of para-hydroxylation sites is 1. The van der Waals surface area contributed by atoms with Gasteiger partial charge in [0.25, 0.3) is 0 Å². The summed E-state index contributed by atoms with van der Waals surface area (Å²) in [6.07, 6.45) is 0. The quantitative estimate of drug-likeness (QED) is 0.503. The minimum absolute atomic E-state index is 0.245. The van der Waals surface area contributed by atoms with Crippen LogP contribution in [0.1, 0.15) is 11.1 Å². The lowest BCUT2D eigenvalue weighted by Crippen LogP contribution is -1.97. The summed E-state index contributed by atoms with van der Waals surface area (Å²) < 4.78 is 20.2. The number of halogens is 2. The third kappa shape index (κ3) is 3.80. The van der Waals surface area contributed by atoms with Crippen molar-refractivity contribution in [2.75, 3.05) is 0 Å². The lowest BCUT2D eigenvalue weighted by atomic mass is 10.0. The Bertz CT molecular complexity index is 787. The Labute approximate surface area is 143 Å². The van der Waals surface area contributed by atoms with Crippen molar-refractivity contribution in [2.45, 2.75) is 11.9 Å². The Hall–Kier alpha value is -2.13. The third-order valence-electron chi connectivity index (χ3n) is 3.60. The van der Waals surface area contributed by atoms with E-state index in [1.807, 2.05) is 60.7 Å². The van der Waals surface area contributed by atoms with Gasteiger partial charge in [0.15, 0.2) is 0 Å². The molecule has 3 aromatic rings. The Morgan fingerprint density at radius 1 is 0.783 bits per heavy atom. The molecule has 0 radical (unpaired) electrons. The van der Waals surface area contributed by atoms with E-state index >= 15 is 0 Å².